The lowest BCUT2D eigenvalue weighted by molar-refractivity contribution is 0.243. The van der Waals surface area contributed by atoms with Gasteiger partial charge in [-0.15, -0.1) is 0 Å². The first-order chi connectivity index (χ1) is 14.8. The summed E-state index contributed by atoms with van der Waals surface area (Å²) in [6.07, 6.45) is -0.564. The Morgan fingerprint density at radius 1 is 1.03 bits per heavy atom. The van der Waals surface area contributed by atoms with Gasteiger partial charge in [-0.2, -0.15) is 0 Å². The summed E-state index contributed by atoms with van der Waals surface area (Å²) in [5.74, 6) is 0.0807. The molecule has 0 bridgehead atoms. The van der Waals surface area contributed by atoms with Crippen LogP contribution in [0.1, 0.15) is 36.6 Å². The van der Waals surface area contributed by atoms with Crippen LogP contribution in [0.15, 0.2) is 60.7 Å². The fraction of sp³-hybridized carbons (Fsp3) is 0.250. The highest BCUT2D eigenvalue weighted by Gasteiger charge is 2.30. The van der Waals surface area contributed by atoms with E-state index in [1.807, 2.05) is 24.3 Å². The Hall–Kier alpha value is -2.90. The number of sulfonamides is 1. The molecule has 5 nitrogen and oxygen atoms in total. The van der Waals surface area contributed by atoms with E-state index < -0.39 is 16.1 Å². The summed E-state index contributed by atoms with van der Waals surface area (Å²) >= 11 is 0. The topological polar surface area (TPSA) is 72.6 Å². The Labute approximate surface area is 182 Å². The second-order valence-corrected chi connectivity index (χ2v) is 9.22. The zero-order valence-corrected chi connectivity index (χ0v) is 18.3. The highest BCUT2D eigenvalue weighted by Crippen LogP contribution is 2.49. The number of primary sulfonamides is 1. The third kappa shape index (κ3) is 4.29. The van der Waals surface area contributed by atoms with Crippen molar-refractivity contribution in [3.05, 3.63) is 83.2 Å². The van der Waals surface area contributed by atoms with Gasteiger partial charge in [0, 0.05) is 29.9 Å². The van der Waals surface area contributed by atoms with Crippen molar-refractivity contribution in [2.75, 3.05) is 18.0 Å². The van der Waals surface area contributed by atoms with Crippen LogP contribution in [0, 0.1) is 5.82 Å². The van der Waals surface area contributed by atoms with Gasteiger partial charge in [0.15, 0.2) is 0 Å². The molecule has 1 aliphatic heterocycles. The number of nitrogens with zero attached hydrogens (tertiary/aromatic N) is 1. The molecule has 0 saturated heterocycles. The molecule has 0 radical (unpaired) electrons. The standard InChI is InChI=1S/C24H25FN2O3S/c1-3-27(4-2)21-9-6-10-22-23(21)19-12-11-16(15-31(26,28)29)13-20(19)24(30-22)17-7-5-8-18(25)14-17/h5-14,24H,3-4,15H2,1-2H3,(H2,26,28,29). The van der Waals surface area contributed by atoms with Crippen LogP contribution in [0.25, 0.3) is 11.1 Å². The molecule has 31 heavy (non-hydrogen) atoms. The molecule has 1 heterocycles. The lowest BCUT2D eigenvalue weighted by Gasteiger charge is -2.33. The number of hydrogen-bond donors (Lipinski definition) is 1. The fourth-order valence-corrected chi connectivity index (χ4v) is 4.85. The summed E-state index contributed by atoms with van der Waals surface area (Å²) in [6.45, 7) is 5.86. The lowest BCUT2D eigenvalue weighted by Crippen LogP contribution is -2.24. The number of rotatable bonds is 6. The second-order valence-electron chi connectivity index (χ2n) is 7.60. The summed E-state index contributed by atoms with van der Waals surface area (Å²) in [5, 5.41) is 5.27. The van der Waals surface area contributed by atoms with Gasteiger partial charge in [-0.3, -0.25) is 0 Å². The Balaban J connectivity index is 1.94. The summed E-state index contributed by atoms with van der Waals surface area (Å²) in [6, 6.07) is 17.7. The normalized spacial score (nSPS) is 15.0. The lowest BCUT2D eigenvalue weighted by atomic mass is 9.87. The van der Waals surface area contributed by atoms with E-state index in [2.05, 4.69) is 24.8 Å². The predicted molar refractivity (Wildman–Crippen MR) is 121 cm³/mol. The summed E-state index contributed by atoms with van der Waals surface area (Å²) in [4.78, 5) is 2.24. The number of hydrogen-bond acceptors (Lipinski definition) is 4. The van der Waals surface area contributed by atoms with Gasteiger partial charge in [-0.05, 0) is 54.8 Å². The molecule has 0 spiro atoms. The van der Waals surface area contributed by atoms with E-state index in [4.69, 9.17) is 9.88 Å². The molecule has 0 aromatic heterocycles. The van der Waals surface area contributed by atoms with Gasteiger partial charge in [0.2, 0.25) is 10.0 Å². The molecule has 0 saturated carbocycles. The van der Waals surface area contributed by atoms with E-state index in [0.717, 1.165) is 35.5 Å². The van der Waals surface area contributed by atoms with Crippen molar-refractivity contribution < 1.29 is 17.5 Å². The molecule has 3 aromatic rings. The molecular formula is C24H25FN2O3S. The molecule has 0 fully saturated rings. The van der Waals surface area contributed by atoms with Gasteiger partial charge in [-0.1, -0.05) is 36.4 Å². The smallest absolute Gasteiger partial charge is 0.213 e. The Kier molecular flexibility index (Phi) is 5.73. The number of halogens is 1. The minimum Gasteiger partial charge on any atom is -0.480 e. The number of ether oxygens (including phenoxy) is 1. The van der Waals surface area contributed by atoms with E-state index >= 15 is 0 Å². The van der Waals surface area contributed by atoms with E-state index in [-0.39, 0.29) is 11.6 Å². The summed E-state index contributed by atoms with van der Waals surface area (Å²) in [7, 11) is -3.69. The van der Waals surface area contributed by atoms with Gasteiger partial charge < -0.3 is 9.64 Å². The Morgan fingerprint density at radius 3 is 2.45 bits per heavy atom. The van der Waals surface area contributed by atoms with E-state index in [9.17, 15) is 12.8 Å². The van der Waals surface area contributed by atoms with Crippen LogP contribution in [0.5, 0.6) is 5.75 Å². The molecule has 4 rings (SSSR count). The minimum absolute atomic E-state index is 0.277. The van der Waals surface area contributed by atoms with Gasteiger partial charge in [0.25, 0.3) is 0 Å². The van der Waals surface area contributed by atoms with Crippen molar-refractivity contribution in [3.63, 3.8) is 0 Å². The number of nitrogens with two attached hydrogens (primary N) is 1. The molecule has 1 aliphatic rings. The van der Waals surface area contributed by atoms with Crippen LogP contribution < -0.4 is 14.8 Å². The molecule has 162 valence electrons. The van der Waals surface area contributed by atoms with Crippen LogP contribution >= 0.6 is 0 Å². The van der Waals surface area contributed by atoms with Crippen molar-refractivity contribution in [1.82, 2.24) is 0 Å². The van der Waals surface area contributed by atoms with Crippen LogP contribution in [0.4, 0.5) is 10.1 Å². The molecule has 1 atom stereocenters. The minimum atomic E-state index is -3.69. The van der Waals surface area contributed by atoms with Crippen LogP contribution in [0.2, 0.25) is 0 Å². The number of fused-ring (bicyclic) bond motifs is 3. The molecule has 2 N–H and O–H groups in total. The van der Waals surface area contributed by atoms with Crippen LogP contribution in [-0.4, -0.2) is 21.5 Å². The Bertz CT molecular complexity index is 1220. The highest BCUT2D eigenvalue weighted by molar-refractivity contribution is 7.88. The fourth-order valence-electron chi connectivity index (χ4n) is 4.20. The quantitative estimate of drug-likeness (QED) is 0.608. The molecule has 3 aromatic carbocycles. The third-order valence-corrected chi connectivity index (χ3v) is 6.28. The third-order valence-electron chi connectivity index (χ3n) is 5.54. The molecule has 0 amide bonds. The van der Waals surface area contributed by atoms with Crippen molar-refractivity contribution in [2.24, 2.45) is 5.14 Å². The average Bonchev–Trinajstić information content (AvgIpc) is 2.73. The van der Waals surface area contributed by atoms with Crippen molar-refractivity contribution in [2.45, 2.75) is 25.7 Å². The highest BCUT2D eigenvalue weighted by atomic mass is 32.2. The Morgan fingerprint density at radius 2 is 1.77 bits per heavy atom. The number of benzene rings is 3. The molecular weight excluding hydrogens is 415 g/mol. The molecule has 7 heteroatoms. The maximum absolute atomic E-state index is 14.0. The van der Waals surface area contributed by atoms with Gasteiger partial charge >= 0.3 is 0 Å². The van der Waals surface area contributed by atoms with E-state index in [1.165, 1.54) is 12.1 Å². The maximum atomic E-state index is 14.0. The SMILES string of the molecule is CCN(CC)c1cccc2c1-c1ccc(CS(N)(=O)=O)cc1C(c1cccc(F)c1)O2. The van der Waals surface area contributed by atoms with Crippen molar-refractivity contribution in [3.8, 4) is 16.9 Å². The first-order valence-corrected chi connectivity index (χ1v) is 12.0. The van der Waals surface area contributed by atoms with Crippen LogP contribution in [0.3, 0.4) is 0 Å². The monoisotopic (exact) mass is 440 g/mol. The maximum Gasteiger partial charge on any atom is 0.213 e. The second kappa shape index (κ2) is 8.32. The zero-order chi connectivity index (χ0) is 22.2. The first-order valence-electron chi connectivity index (χ1n) is 10.2. The van der Waals surface area contributed by atoms with Gasteiger partial charge in [0.05, 0.1) is 5.75 Å². The number of anilines is 1. The summed E-state index contributed by atoms with van der Waals surface area (Å²) < 4.78 is 43.7. The molecule has 1 unspecified atom stereocenters. The zero-order valence-electron chi connectivity index (χ0n) is 17.5. The first kappa shape index (κ1) is 21.3. The van der Waals surface area contributed by atoms with Gasteiger partial charge in [0.1, 0.15) is 17.7 Å². The van der Waals surface area contributed by atoms with Crippen molar-refractivity contribution in [1.29, 1.82) is 0 Å². The van der Waals surface area contributed by atoms with Gasteiger partial charge in [-0.25, -0.2) is 17.9 Å². The predicted octanol–water partition coefficient (Wildman–Crippen LogP) is 4.61. The molecule has 0 aliphatic carbocycles. The van der Waals surface area contributed by atoms with Crippen LogP contribution in [-0.2, 0) is 15.8 Å². The average molecular weight is 441 g/mol. The summed E-state index contributed by atoms with van der Waals surface area (Å²) in [5.41, 5.74) is 4.95. The van der Waals surface area contributed by atoms with E-state index in [0.29, 0.717) is 16.9 Å². The largest absolute Gasteiger partial charge is 0.480 e. The van der Waals surface area contributed by atoms with Crippen molar-refractivity contribution >= 4 is 15.7 Å². The van der Waals surface area contributed by atoms with E-state index in [1.54, 1.807) is 18.2 Å².